The van der Waals surface area contributed by atoms with Gasteiger partial charge in [-0.25, -0.2) is 4.98 Å². The number of carbonyl (C=O) groups is 1. The van der Waals surface area contributed by atoms with Crippen LogP contribution in [-0.4, -0.2) is 51.1 Å². The molecule has 1 N–H and O–H groups in total. The molecule has 2 rings (SSSR count). The van der Waals surface area contributed by atoms with Crippen molar-refractivity contribution < 1.29 is 14.0 Å². The highest BCUT2D eigenvalue weighted by atomic mass is 28.4. The number of aromatic amines is 1. The van der Waals surface area contributed by atoms with Crippen LogP contribution in [0.5, 0.6) is 0 Å². The Morgan fingerprint density at radius 3 is 2.65 bits per heavy atom. The number of hydrogen-bond donors (Lipinski definition) is 1. The summed E-state index contributed by atoms with van der Waals surface area (Å²) in [7, 11) is -0.413. The number of hydrogen-bond acceptors (Lipinski definition) is 6. The lowest BCUT2D eigenvalue weighted by molar-refractivity contribution is -0.146. The molecule has 0 bridgehead atoms. The molecule has 0 atom stereocenters. The van der Waals surface area contributed by atoms with Gasteiger partial charge in [0.2, 0.25) is 0 Å². The molecule has 0 aliphatic carbocycles. The van der Waals surface area contributed by atoms with Gasteiger partial charge >= 0.3 is 5.97 Å². The van der Waals surface area contributed by atoms with Crippen LogP contribution in [0.3, 0.4) is 0 Å². The van der Waals surface area contributed by atoms with Gasteiger partial charge in [-0.15, -0.1) is 0 Å². The summed E-state index contributed by atoms with van der Waals surface area (Å²) in [6.07, 6.45) is 5.33. The van der Waals surface area contributed by atoms with Crippen molar-refractivity contribution in [3.05, 3.63) is 28.3 Å². The number of anilines is 1. The number of ether oxygens (including phenoxy) is 1. The fourth-order valence-electron chi connectivity index (χ4n) is 2.32. The fraction of sp³-hybridized carbons (Fsp3) is 0.611. The highest BCUT2D eigenvalue weighted by molar-refractivity contribution is 6.74. The van der Waals surface area contributed by atoms with E-state index >= 15 is 0 Å². The number of aromatic nitrogens is 2. The summed E-state index contributed by atoms with van der Waals surface area (Å²) in [4.78, 5) is 32.4. The van der Waals surface area contributed by atoms with Gasteiger partial charge < -0.3 is 19.0 Å². The Balaban J connectivity index is 1.98. The Morgan fingerprint density at radius 2 is 2.08 bits per heavy atom. The van der Waals surface area contributed by atoms with Gasteiger partial charge in [-0.2, -0.15) is 0 Å². The Kier molecular flexibility index (Phi) is 6.08. The highest BCUT2D eigenvalue weighted by Crippen LogP contribution is 2.36. The first-order valence-corrected chi connectivity index (χ1v) is 11.7. The van der Waals surface area contributed by atoms with E-state index in [0.29, 0.717) is 31.2 Å². The number of esters is 1. The Hall–Kier alpha value is -1.93. The lowest BCUT2D eigenvalue weighted by atomic mass is 10.0. The van der Waals surface area contributed by atoms with Crippen LogP contribution >= 0.6 is 0 Å². The fourth-order valence-corrected chi connectivity index (χ4v) is 3.26. The van der Waals surface area contributed by atoms with E-state index in [1.165, 1.54) is 7.11 Å². The van der Waals surface area contributed by atoms with Crippen molar-refractivity contribution >= 4 is 26.2 Å². The first kappa shape index (κ1) is 20.4. The average molecular weight is 380 g/mol. The third kappa shape index (κ3) is 4.61. The number of rotatable bonds is 6. The van der Waals surface area contributed by atoms with Gasteiger partial charge in [-0.3, -0.25) is 9.59 Å². The van der Waals surface area contributed by atoms with Crippen LogP contribution in [0.15, 0.2) is 17.1 Å². The first-order chi connectivity index (χ1) is 12.0. The van der Waals surface area contributed by atoms with E-state index in [1.807, 2.05) is 12.2 Å². The molecule has 1 aliphatic heterocycles. The molecule has 0 saturated carbocycles. The lowest BCUT2D eigenvalue weighted by Crippen LogP contribution is -2.52. The Labute approximate surface area is 155 Å². The van der Waals surface area contributed by atoms with Gasteiger partial charge in [0.1, 0.15) is 0 Å². The van der Waals surface area contributed by atoms with E-state index in [1.54, 1.807) is 11.1 Å². The van der Waals surface area contributed by atoms with E-state index in [4.69, 9.17) is 9.16 Å². The standard InChI is InChI=1S/C18H29N3O4Si/c1-18(2,3)26(5,6)25-9-7-8-14-10-19-16(22)15(20-14)21-11-13(12-21)17(23)24-4/h7-8,10,13H,9,11-12H2,1-6H3,(H,19,22). The van der Waals surface area contributed by atoms with Gasteiger partial charge in [0, 0.05) is 19.3 Å². The molecule has 1 fully saturated rings. The average Bonchev–Trinajstić information content (AvgIpc) is 2.51. The van der Waals surface area contributed by atoms with Crippen molar-refractivity contribution in [1.29, 1.82) is 0 Å². The lowest BCUT2D eigenvalue weighted by Gasteiger charge is -2.37. The number of nitrogens with zero attached hydrogens (tertiary/aromatic N) is 2. The van der Waals surface area contributed by atoms with E-state index in [2.05, 4.69) is 43.8 Å². The zero-order chi connectivity index (χ0) is 19.5. The molecule has 0 spiro atoms. The number of methoxy groups -OCH3 is 1. The number of nitrogens with one attached hydrogen (secondary N) is 1. The molecule has 2 heterocycles. The molecule has 1 aromatic rings. The van der Waals surface area contributed by atoms with Gasteiger partial charge in [-0.05, 0) is 24.2 Å². The Morgan fingerprint density at radius 1 is 1.42 bits per heavy atom. The predicted octanol–water partition coefficient (Wildman–Crippen LogP) is 2.41. The molecule has 0 unspecified atom stereocenters. The molecule has 8 heteroatoms. The Bertz CT molecular complexity index is 731. The zero-order valence-corrected chi connectivity index (χ0v) is 17.5. The number of H-pyrrole nitrogens is 1. The van der Waals surface area contributed by atoms with Crippen molar-refractivity contribution in [1.82, 2.24) is 9.97 Å². The van der Waals surface area contributed by atoms with Crippen LogP contribution < -0.4 is 10.5 Å². The second kappa shape index (κ2) is 7.75. The summed E-state index contributed by atoms with van der Waals surface area (Å²) in [5, 5.41) is 0.165. The molecule has 0 amide bonds. The van der Waals surface area contributed by atoms with E-state index in [0.717, 1.165) is 0 Å². The van der Waals surface area contributed by atoms with Gasteiger partial charge in [0.05, 0.1) is 25.3 Å². The maximum Gasteiger partial charge on any atom is 0.312 e. The molecule has 1 aliphatic rings. The van der Waals surface area contributed by atoms with Crippen molar-refractivity contribution in [2.45, 2.75) is 38.9 Å². The maximum atomic E-state index is 12.0. The number of carbonyl (C=O) groups excluding carboxylic acids is 1. The largest absolute Gasteiger partial charge is 0.469 e. The summed E-state index contributed by atoms with van der Waals surface area (Å²) in [5.41, 5.74) is 0.392. The molecule has 0 radical (unpaired) electrons. The van der Waals surface area contributed by atoms with Crippen LogP contribution in [0.2, 0.25) is 18.1 Å². The third-order valence-electron chi connectivity index (χ3n) is 5.14. The molecule has 1 saturated heterocycles. The van der Waals surface area contributed by atoms with Crippen molar-refractivity contribution in [3.63, 3.8) is 0 Å². The minimum Gasteiger partial charge on any atom is -0.469 e. The van der Waals surface area contributed by atoms with E-state index in [9.17, 15) is 9.59 Å². The van der Waals surface area contributed by atoms with Crippen LogP contribution in [0.1, 0.15) is 26.5 Å². The van der Waals surface area contributed by atoms with Crippen LogP contribution in [0, 0.1) is 5.92 Å². The minimum absolute atomic E-state index is 0.165. The summed E-state index contributed by atoms with van der Waals surface area (Å²) < 4.78 is 10.8. The van der Waals surface area contributed by atoms with Crippen molar-refractivity contribution in [3.8, 4) is 0 Å². The second-order valence-electron chi connectivity index (χ2n) is 8.08. The third-order valence-corrected chi connectivity index (χ3v) is 9.64. The highest BCUT2D eigenvalue weighted by Gasteiger charge is 2.37. The quantitative estimate of drug-likeness (QED) is 0.603. The molecule has 1 aromatic heterocycles. The molecule has 7 nitrogen and oxygen atoms in total. The van der Waals surface area contributed by atoms with Crippen molar-refractivity contribution in [2.24, 2.45) is 5.92 Å². The summed E-state index contributed by atoms with van der Waals surface area (Å²) in [6, 6.07) is 0. The molecule has 26 heavy (non-hydrogen) atoms. The van der Waals surface area contributed by atoms with Gasteiger partial charge in [-0.1, -0.05) is 26.8 Å². The summed E-state index contributed by atoms with van der Waals surface area (Å²) >= 11 is 0. The van der Waals surface area contributed by atoms with Crippen LogP contribution in [0.25, 0.3) is 6.08 Å². The van der Waals surface area contributed by atoms with Crippen LogP contribution in [-0.2, 0) is 14.0 Å². The zero-order valence-electron chi connectivity index (χ0n) is 16.5. The van der Waals surface area contributed by atoms with Crippen molar-refractivity contribution in [2.75, 3.05) is 31.7 Å². The van der Waals surface area contributed by atoms with E-state index < -0.39 is 8.32 Å². The summed E-state index contributed by atoms with van der Waals surface area (Å²) in [5.74, 6) is -0.118. The SMILES string of the molecule is COC(=O)C1CN(c2nc(C=CCO[Si](C)(C)C(C)(C)C)c[nH]c2=O)C1. The van der Waals surface area contributed by atoms with E-state index in [-0.39, 0.29) is 22.5 Å². The maximum absolute atomic E-state index is 12.0. The topological polar surface area (TPSA) is 84.5 Å². The molecular formula is C18H29N3O4Si. The summed E-state index contributed by atoms with van der Waals surface area (Å²) in [6.45, 7) is 12.4. The van der Waals surface area contributed by atoms with Gasteiger partial charge in [0.25, 0.3) is 5.56 Å². The normalized spacial score (nSPS) is 16.0. The second-order valence-corrected chi connectivity index (χ2v) is 12.9. The molecule has 0 aromatic carbocycles. The van der Waals surface area contributed by atoms with Crippen LogP contribution in [0.4, 0.5) is 5.82 Å². The predicted molar refractivity (Wildman–Crippen MR) is 105 cm³/mol. The first-order valence-electron chi connectivity index (χ1n) is 8.78. The minimum atomic E-state index is -1.78. The monoisotopic (exact) mass is 379 g/mol. The van der Waals surface area contributed by atoms with Gasteiger partial charge in [0.15, 0.2) is 14.1 Å². The molecule has 144 valence electrons. The molecular weight excluding hydrogens is 350 g/mol. The smallest absolute Gasteiger partial charge is 0.312 e.